The second-order valence-corrected chi connectivity index (χ2v) is 5.15. The smallest absolute Gasteiger partial charge is 0.433 e. The van der Waals surface area contributed by atoms with Gasteiger partial charge >= 0.3 is 6.18 Å². The van der Waals surface area contributed by atoms with Crippen molar-refractivity contribution < 1.29 is 22.6 Å². The number of methoxy groups -OCH3 is 1. The highest BCUT2D eigenvalue weighted by Crippen LogP contribution is 2.35. The average molecular weight is 337 g/mol. The summed E-state index contributed by atoms with van der Waals surface area (Å²) in [6.07, 6.45) is -0.0559. The molecule has 0 radical (unpaired) electrons. The molecule has 8 heteroatoms. The van der Waals surface area contributed by atoms with E-state index in [0.29, 0.717) is 11.5 Å². The molecule has 2 aromatic heterocycles. The summed E-state index contributed by atoms with van der Waals surface area (Å²) in [5, 5.41) is 5.36. The Morgan fingerprint density at radius 1 is 1.12 bits per heavy atom. The molecular weight excluding hydrogens is 323 g/mol. The topological polar surface area (TPSA) is 49.2 Å². The molecule has 0 saturated carbocycles. The van der Waals surface area contributed by atoms with Gasteiger partial charge in [-0.25, -0.2) is 0 Å². The molecule has 0 amide bonds. The minimum Gasteiger partial charge on any atom is -0.493 e. The molecule has 0 N–H and O–H groups in total. The van der Waals surface area contributed by atoms with Crippen LogP contribution in [0.5, 0.6) is 11.5 Å². The summed E-state index contributed by atoms with van der Waals surface area (Å²) >= 11 is 0. The number of ether oxygens (including phenoxy) is 2. The molecule has 2 heterocycles. The number of nitrogens with zero attached hydrogens (tertiary/aromatic N) is 3. The van der Waals surface area contributed by atoms with Gasteiger partial charge < -0.3 is 9.47 Å². The summed E-state index contributed by atoms with van der Waals surface area (Å²) in [5.74, 6) is 0.779. The van der Waals surface area contributed by atoms with Crippen molar-refractivity contribution in [1.29, 1.82) is 0 Å². The molecule has 3 aromatic rings. The number of benzene rings is 1. The normalized spacial score (nSPS) is 11.7. The Morgan fingerprint density at radius 2 is 1.88 bits per heavy atom. The molecule has 0 bridgehead atoms. The third-order valence-electron chi connectivity index (χ3n) is 3.59. The quantitative estimate of drug-likeness (QED) is 0.730. The Kier molecular flexibility index (Phi) is 4.04. The number of hydrogen-bond acceptors (Lipinski definition) is 4. The first-order chi connectivity index (χ1) is 11.4. The molecule has 0 aliphatic heterocycles. The maximum Gasteiger partial charge on any atom is 0.433 e. The van der Waals surface area contributed by atoms with Crippen LogP contribution in [0.1, 0.15) is 11.3 Å². The summed E-state index contributed by atoms with van der Waals surface area (Å²) in [6.45, 7) is -0.273. The predicted octanol–water partition coefficient (Wildman–Crippen LogP) is 3.57. The van der Waals surface area contributed by atoms with E-state index in [4.69, 9.17) is 9.47 Å². The first-order valence-corrected chi connectivity index (χ1v) is 7.03. The van der Waals surface area contributed by atoms with Crippen LogP contribution in [0, 0.1) is 0 Å². The molecule has 0 atom stereocenters. The van der Waals surface area contributed by atoms with E-state index < -0.39 is 11.9 Å². The Hall–Kier alpha value is -2.77. The molecule has 0 aliphatic carbocycles. The Balaban J connectivity index is 1.91. The van der Waals surface area contributed by atoms with Crippen LogP contribution in [-0.4, -0.2) is 21.9 Å². The second kappa shape index (κ2) is 6.03. The number of rotatable bonds is 4. The molecule has 0 unspecified atom stereocenters. The van der Waals surface area contributed by atoms with E-state index in [2.05, 4.69) is 10.1 Å². The third kappa shape index (κ3) is 2.99. The summed E-state index contributed by atoms with van der Waals surface area (Å²) < 4.78 is 50.8. The van der Waals surface area contributed by atoms with Crippen molar-refractivity contribution in [2.24, 2.45) is 7.05 Å². The zero-order valence-corrected chi connectivity index (χ0v) is 13.0. The molecule has 24 heavy (non-hydrogen) atoms. The van der Waals surface area contributed by atoms with Crippen molar-refractivity contribution in [3.8, 4) is 11.5 Å². The summed E-state index contributed by atoms with van der Waals surface area (Å²) in [4.78, 5) is 4.02. The minimum absolute atomic E-state index is 0.0432. The van der Waals surface area contributed by atoms with Crippen LogP contribution in [0.2, 0.25) is 0 Å². The fourth-order valence-electron chi connectivity index (χ4n) is 2.48. The van der Waals surface area contributed by atoms with Crippen molar-refractivity contribution in [1.82, 2.24) is 14.8 Å². The van der Waals surface area contributed by atoms with Gasteiger partial charge in [0, 0.05) is 30.4 Å². The number of halogens is 3. The number of aryl methyl sites for hydroxylation is 1. The van der Waals surface area contributed by atoms with Crippen LogP contribution in [0.3, 0.4) is 0 Å². The highest BCUT2D eigenvalue weighted by Gasteiger charge is 2.37. The van der Waals surface area contributed by atoms with Gasteiger partial charge in [-0.2, -0.15) is 18.3 Å². The fraction of sp³-hybridized carbons (Fsp3) is 0.250. The standard InChI is InChI=1S/C16H14F3N3O2/c1-22-15(16(17,18)19)12(8-21-22)9-24-14-6-11-7-20-4-3-10(11)5-13(14)23-2/h3-8H,9H2,1-2H3. The maximum atomic E-state index is 13.1. The van der Waals surface area contributed by atoms with Gasteiger partial charge in [-0.05, 0) is 23.6 Å². The highest BCUT2D eigenvalue weighted by atomic mass is 19.4. The van der Waals surface area contributed by atoms with E-state index in [1.165, 1.54) is 14.2 Å². The van der Waals surface area contributed by atoms with Gasteiger partial charge in [-0.1, -0.05) is 0 Å². The fourth-order valence-corrected chi connectivity index (χ4v) is 2.48. The molecular formula is C16H14F3N3O2. The lowest BCUT2D eigenvalue weighted by molar-refractivity contribution is -0.144. The van der Waals surface area contributed by atoms with E-state index in [9.17, 15) is 13.2 Å². The zero-order chi connectivity index (χ0) is 17.3. The van der Waals surface area contributed by atoms with Gasteiger partial charge in [0.05, 0.1) is 13.3 Å². The van der Waals surface area contributed by atoms with Crippen molar-refractivity contribution in [2.75, 3.05) is 7.11 Å². The van der Waals surface area contributed by atoms with Crippen molar-refractivity contribution >= 4 is 10.8 Å². The van der Waals surface area contributed by atoms with E-state index in [1.807, 2.05) is 6.07 Å². The van der Waals surface area contributed by atoms with Gasteiger partial charge in [0.25, 0.3) is 0 Å². The second-order valence-electron chi connectivity index (χ2n) is 5.15. The SMILES string of the molecule is COc1cc2ccncc2cc1OCc1cnn(C)c1C(F)(F)F. The number of alkyl halides is 3. The first kappa shape index (κ1) is 16.1. The van der Waals surface area contributed by atoms with E-state index in [-0.39, 0.29) is 12.2 Å². The number of pyridine rings is 1. The Bertz CT molecular complexity index is 875. The van der Waals surface area contributed by atoms with Crippen LogP contribution >= 0.6 is 0 Å². The minimum atomic E-state index is -4.50. The van der Waals surface area contributed by atoms with Gasteiger partial charge in [-0.15, -0.1) is 0 Å². The van der Waals surface area contributed by atoms with Crippen molar-refractivity contribution in [3.05, 3.63) is 48.0 Å². The molecule has 0 spiro atoms. The number of aromatic nitrogens is 3. The van der Waals surface area contributed by atoms with E-state index in [1.54, 1.807) is 24.5 Å². The van der Waals surface area contributed by atoms with Gasteiger partial charge in [-0.3, -0.25) is 9.67 Å². The average Bonchev–Trinajstić information content (AvgIpc) is 2.92. The summed E-state index contributed by atoms with van der Waals surface area (Å²) in [7, 11) is 2.72. The Labute approximate surface area is 135 Å². The van der Waals surface area contributed by atoms with Crippen LogP contribution in [0.4, 0.5) is 13.2 Å². The van der Waals surface area contributed by atoms with Crippen LogP contribution in [0.25, 0.3) is 10.8 Å². The largest absolute Gasteiger partial charge is 0.493 e. The third-order valence-corrected chi connectivity index (χ3v) is 3.59. The lowest BCUT2D eigenvalue weighted by Gasteiger charge is -2.13. The number of fused-ring (bicyclic) bond motifs is 1. The van der Waals surface area contributed by atoms with Crippen molar-refractivity contribution in [2.45, 2.75) is 12.8 Å². The van der Waals surface area contributed by atoms with Crippen LogP contribution in [-0.2, 0) is 19.8 Å². The summed E-state index contributed by atoms with van der Waals surface area (Å²) in [5.41, 5.74) is -0.873. The van der Waals surface area contributed by atoms with Crippen LogP contribution in [0.15, 0.2) is 36.8 Å². The van der Waals surface area contributed by atoms with Crippen LogP contribution < -0.4 is 9.47 Å². The maximum absolute atomic E-state index is 13.1. The van der Waals surface area contributed by atoms with Gasteiger partial charge in [0.2, 0.25) is 0 Å². The van der Waals surface area contributed by atoms with Gasteiger partial charge in [0.1, 0.15) is 12.3 Å². The molecule has 0 fully saturated rings. The van der Waals surface area contributed by atoms with E-state index >= 15 is 0 Å². The molecule has 3 rings (SSSR count). The predicted molar refractivity (Wildman–Crippen MR) is 80.8 cm³/mol. The monoisotopic (exact) mass is 337 g/mol. The lowest BCUT2D eigenvalue weighted by Crippen LogP contribution is -2.15. The lowest BCUT2D eigenvalue weighted by atomic mass is 10.1. The highest BCUT2D eigenvalue weighted by molar-refractivity contribution is 5.85. The zero-order valence-electron chi connectivity index (χ0n) is 13.0. The molecule has 0 saturated heterocycles. The first-order valence-electron chi connectivity index (χ1n) is 7.03. The summed E-state index contributed by atoms with van der Waals surface area (Å²) in [6, 6.07) is 5.25. The van der Waals surface area contributed by atoms with Crippen molar-refractivity contribution in [3.63, 3.8) is 0 Å². The Morgan fingerprint density at radius 3 is 2.58 bits per heavy atom. The van der Waals surface area contributed by atoms with E-state index in [0.717, 1.165) is 21.7 Å². The molecule has 126 valence electrons. The molecule has 5 nitrogen and oxygen atoms in total. The number of hydrogen-bond donors (Lipinski definition) is 0. The molecule has 0 aliphatic rings. The molecule has 1 aromatic carbocycles. The van der Waals surface area contributed by atoms with Gasteiger partial charge in [0.15, 0.2) is 11.5 Å².